The molecule has 0 saturated carbocycles. The van der Waals surface area contributed by atoms with Crippen molar-refractivity contribution in [3.8, 4) is 0 Å². The van der Waals surface area contributed by atoms with Gasteiger partial charge in [-0.15, -0.1) is 0 Å². The summed E-state index contributed by atoms with van der Waals surface area (Å²) < 4.78 is 5.31. The Morgan fingerprint density at radius 1 is 1.45 bits per heavy atom. The minimum absolute atomic E-state index is 0.0994. The molecular formula is C15H24N2O2S. The summed E-state index contributed by atoms with van der Waals surface area (Å²) in [6.45, 7) is 5.96. The van der Waals surface area contributed by atoms with E-state index in [0.717, 1.165) is 18.6 Å². The average Bonchev–Trinajstić information content (AvgIpc) is 2.91. The molecule has 0 bridgehead atoms. The molecule has 0 aromatic carbocycles. The molecule has 1 amide bonds. The van der Waals surface area contributed by atoms with Gasteiger partial charge in [-0.25, -0.2) is 0 Å². The molecule has 0 aliphatic rings. The van der Waals surface area contributed by atoms with Gasteiger partial charge in [0.15, 0.2) is 0 Å². The summed E-state index contributed by atoms with van der Waals surface area (Å²) in [7, 11) is 0. The van der Waals surface area contributed by atoms with Gasteiger partial charge in [0.25, 0.3) is 0 Å². The number of hydrogen-bond acceptors (Lipinski definition) is 3. The van der Waals surface area contributed by atoms with Gasteiger partial charge in [0, 0.05) is 0 Å². The first-order chi connectivity index (χ1) is 9.47. The molecule has 1 rings (SSSR count). The second kappa shape index (κ2) is 7.43. The normalized spacial score (nSPS) is 12.9. The highest BCUT2D eigenvalue weighted by atomic mass is 32.1. The van der Waals surface area contributed by atoms with E-state index < -0.39 is 5.41 Å². The van der Waals surface area contributed by atoms with Gasteiger partial charge in [0.2, 0.25) is 5.91 Å². The Kier molecular flexibility index (Phi) is 6.20. The van der Waals surface area contributed by atoms with E-state index in [1.54, 1.807) is 12.3 Å². The lowest BCUT2D eigenvalue weighted by Gasteiger charge is -2.32. The van der Waals surface area contributed by atoms with Crippen molar-refractivity contribution in [3.63, 3.8) is 0 Å². The number of nitrogens with two attached hydrogens (primary N) is 1. The fourth-order valence-electron chi connectivity index (χ4n) is 2.51. The molecule has 1 aromatic heterocycles. The third-order valence-corrected chi connectivity index (χ3v) is 3.97. The maximum atomic E-state index is 12.7. The molecule has 1 atom stereocenters. The van der Waals surface area contributed by atoms with Crippen LogP contribution in [0, 0.1) is 5.41 Å². The molecule has 5 heteroatoms. The van der Waals surface area contributed by atoms with Crippen LogP contribution in [0.5, 0.6) is 0 Å². The zero-order valence-electron chi connectivity index (χ0n) is 12.4. The predicted octanol–water partition coefficient (Wildman–Crippen LogP) is 3.33. The van der Waals surface area contributed by atoms with Crippen LogP contribution in [0.3, 0.4) is 0 Å². The highest BCUT2D eigenvalue weighted by molar-refractivity contribution is 7.80. The first-order valence-corrected chi connectivity index (χ1v) is 7.53. The van der Waals surface area contributed by atoms with Crippen LogP contribution in [0.1, 0.15) is 58.3 Å². The van der Waals surface area contributed by atoms with Crippen LogP contribution < -0.4 is 11.1 Å². The van der Waals surface area contributed by atoms with Crippen molar-refractivity contribution in [2.45, 2.75) is 52.5 Å². The standard InChI is InChI=1S/C15H24N2O2S/c1-4-8-15(9-5-2,13(16)20)14(18)17-11(3)12-7-6-10-19-12/h6-7,10-11H,4-5,8-9H2,1-3H3,(H2,16,20)(H,17,18). The third kappa shape index (κ3) is 3.60. The highest BCUT2D eigenvalue weighted by Gasteiger charge is 2.40. The van der Waals surface area contributed by atoms with Gasteiger partial charge in [0.1, 0.15) is 5.76 Å². The summed E-state index contributed by atoms with van der Waals surface area (Å²) in [6, 6.07) is 3.45. The number of furan rings is 1. The number of thiocarbonyl (C=S) groups is 1. The lowest BCUT2D eigenvalue weighted by Crippen LogP contribution is -2.49. The van der Waals surface area contributed by atoms with Crippen LogP contribution in [0.2, 0.25) is 0 Å². The molecule has 3 N–H and O–H groups in total. The first-order valence-electron chi connectivity index (χ1n) is 7.12. The second-order valence-corrected chi connectivity index (χ2v) is 5.60. The summed E-state index contributed by atoms with van der Waals surface area (Å²) >= 11 is 5.18. The Bertz CT molecular complexity index is 437. The van der Waals surface area contributed by atoms with Crippen LogP contribution in [0.4, 0.5) is 0 Å². The molecule has 20 heavy (non-hydrogen) atoms. The van der Waals surface area contributed by atoms with Gasteiger partial charge in [-0.1, -0.05) is 38.9 Å². The smallest absolute Gasteiger partial charge is 0.233 e. The number of hydrogen-bond donors (Lipinski definition) is 2. The van der Waals surface area contributed by atoms with Crippen LogP contribution in [-0.2, 0) is 4.79 Å². The Balaban J connectivity index is 2.90. The van der Waals surface area contributed by atoms with Gasteiger partial charge in [-0.3, -0.25) is 4.79 Å². The topological polar surface area (TPSA) is 68.3 Å². The van der Waals surface area contributed by atoms with E-state index in [0.29, 0.717) is 12.8 Å². The lowest BCUT2D eigenvalue weighted by molar-refractivity contribution is -0.129. The monoisotopic (exact) mass is 296 g/mol. The minimum Gasteiger partial charge on any atom is -0.467 e. The predicted molar refractivity (Wildman–Crippen MR) is 84.3 cm³/mol. The summed E-state index contributed by atoms with van der Waals surface area (Å²) in [5.74, 6) is 0.626. The molecule has 4 nitrogen and oxygen atoms in total. The van der Waals surface area contributed by atoms with Crippen LogP contribution in [-0.4, -0.2) is 10.9 Å². The van der Waals surface area contributed by atoms with Crippen molar-refractivity contribution in [2.75, 3.05) is 0 Å². The molecule has 0 aliphatic carbocycles. The molecule has 112 valence electrons. The molecule has 0 spiro atoms. The number of carbonyl (C=O) groups excluding carboxylic acids is 1. The van der Waals surface area contributed by atoms with Crippen LogP contribution in [0.15, 0.2) is 22.8 Å². The van der Waals surface area contributed by atoms with Crippen LogP contribution in [0.25, 0.3) is 0 Å². The number of carbonyl (C=O) groups is 1. The highest BCUT2D eigenvalue weighted by Crippen LogP contribution is 2.32. The van der Waals surface area contributed by atoms with E-state index in [1.165, 1.54) is 0 Å². The number of nitrogens with one attached hydrogen (secondary N) is 1. The molecule has 0 aliphatic heterocycles. The summed E-state index contributed by atoms with van der Waals surface area (Å²) in [4.78, 5) is 13.0. The lowest BCUT2D eigenvalue weighted by atomic mass is 9.78. The molecule has 1 aromatic rings. The van der Waals surface area contributed by atoms with Crippen molar-refractivity contribution >= 4 is 23.1 Å². The fourth-order valence-corrected chi connectivity index (χ4v) is 2.80. The SMILES string of the molecule is CCCC(CCC)(C(=O)NC(C)c1ccco1)C(N)=S. The van der Waals surface area contributed by atoms with Gasteiger partial charge >= 0.3 is 0 Å². The minimum atomic E-state index is -0.750. The summed E-state index contributed by atoms with van der Waals surface area (Å²) in [5, 5.41) is 2.97. The quantitative estimate of drug-likeness (QED) is 0.722. The molecule has 1 heterocycles. The van der Waals surface area contributed by atoms with E-state index in [-0.39, 0.29) is 16.9 Å². The van der Waals surface area contributed by atoms with Gasteiger partial charge in [-0.05, 0) is 31.9 Å². The average molecular weight is 296 g/mol. The zero-order chi connectivity index (χ0) is 15.2. The molecule has 0 fully saturated rings. The van der Waals surface area contributed by atoms with Crippen molar-refractivity contribution in [1.29, 1.82) is 0 Å². The number of rotatable bonds is 8. The third-order valence-electron chi connectivity index (χ3n) is 3.58. The maximum Gasteiger partial charge on any atom is 0.233 e. The van der Waals surface area contributed by atoms with E-state index in [1.807, 2.05) is 26.8 Å². The Labute approximate surface area is 126 Å². The van der Waals surface area contributed by atoms with Gasteiger partial charge < -0.3 is 15.5 Å². The largest absolute Gasteiger partial charge is 0.467 e. The van der Waals surface area contributed by atoms with Crippen molar-refractivity contribution in [2.24, 2.45) is 11.1 Å². The molecule has 0 saturated heterocycles. The van der Waals surface area contributed by atoms with E-state index in [4.69, 9.17) is 22.4 Å². The molecule has 1 unspecified atom stereocenters. The van der Waals surface area contributed by atoms with E-state index >= 15 is 0 Å². The van der Waals surface area contributed by atoms with Gasteiger partial charge in [-0.2, -0.15) is 0 Å². The summed E-state index contributed by atoms with van der Waals surface area (Å²) in [6.07, 6.45) is 4.66. The molecule has 0 radical (unpaired) electrons. The maximum absolute atomic E-state index is 12.7. The first kappa shape index (κ1) is 16.7. The van der Waals surface area contributed by atoms with Gasteiger partial charge in [0.05, 0.1) is 22.7 Å². The summed E-state index contributed by atoms with van der Waals surface area (Å²) in [5.41, 5.74) is 5.14. The second-order valence-electron chi connectivity index (χ2n) is 5.16. The Hall–Kier alpha value is -1.36. The van der Waals surface area contributed by atoms with Crippen molar-refractivity contribution in [3.05, 3.63) is 24.2 Å². The fraction of sp³-hybridized carbons (Fsp3) is 0.600. The van der Waals surface area contributed by atoms with Crippen molar-refractivity contribution in [1.82, 2.24) is 5.32 Å². The Morgan fingerprint density at radius 2 is 2.05 bits per heavy atom. The Morgan fingerprint density at radius 3 is 2.45 bits per heavy atom. The van der Waals surface area contributed by atoms with E-state index in [2.05, 4.69) is 5.32 Å². The van der Waals surface area contributed by atoms with Crippen molar-refractivity contribution < 1.29 is 9.21 Å². The number of amides is 1. The zero-order valence-corrected chi connectivity index (χ0v) is 13.3. The van der Waals surface area contributed by atoms with Crippen LogP contribution >= 0.6 is 12.2 Å². The van der Waals surface area contributed by atoms with E-state index in [9.17, 15) is 4.79 Å². The molecular weight excluding hydrogens is 272 g/mol.